The number of benzene rings is 1. The second kappa shape index (κ2) is 9.32. The normalized spacial score (nSPS) is 17.9. The van der Waals surface area contributed by atoms with Gasteiger partial charge in [0.2, 0.25) is 0 Å². The summed E-state index contributed by atoms with van der Waals surface area (Å²) in [4.78, 5) is 31.8. The molecule has 0 saturated heterocycles. The van der Waals surface area contributed by atoms with Crippen molar-refractivity contribution in [3.8, 4) is 11.4 Å². The van der Waals surface area contributed by atoms with Gasteiger partial charge in [0.25, 0.3) is 5.91 Å². The predicted octanol–water partition coefficient (Wildman–Crippen LogP) is 4.29. The van der Waals surface area contributed by atoms with Crippen molar-refractivity contribution in [3.63, 3.8) is 0 Å². The Bertz CT molecular complexity index is 1390. The lowest BCUT2D eigenvalue weighted by Gasteiger charge is -2.30. The molecule has 0 radical (unpaired) electrons. The van der Waals surface area contributed by atoms with E-state index in [4.69, 9.17) is 0 Å². The summed E-state index contributed by atoms with van der Waals surface area (Å²) in [6, 6.07) is 1.69. The molecule has 0 spiro atoms. The number of rotatable bonds is 5. The number of anilines is 1. The summed E-state index contributed by atoms with van der Waals surface area (Å²) >= 11 is 0. The second-order valence-electron chi connectivity index (χ2n) is 8.62. The third kappa shape index (κ3) is 4.79. The van der Waals surface area contributed by atoms with Crippen molar-refractivity contribution in [3.05, 3.63) is 65.8 Å². The number of nitrogens with zero attached hydrogens (tertiary/aromatic N) is 4. The van der Waals surface area contributed by atoms with Gasteiger partial charge in [-0.1, -0.05) is 0 Å². The van der Waals surface area contributed by atoms with E-state index in [1.807, 2.05) is 0 Å². The number of carbonyl (C=O) groups is 1. The van der Waals surface area contributed by atoms with E-state index < -0.39 is 17.5 Å². The molecule has 0 aliphatic heterocycles. The SMILES string of the molecule is Cc1cnc(C(=O)N[C@@H]2CCC[C@H](Nc3nc(-c4c[nH]c5c(F)cc(F)cc45)ncc3F)C2)cn1. The van der Waals surface area contributed by atoms with E-state index in [1.54, 1.807) is 6.92 Å². The lowest BCUT2D eigenvalue weighted by molar-refractivity contribution is 0.0921. The number of halogens is 3. The maximum Gasteiger partial charge on any atom is 0.271 e. The maximum atomic E-state index is 14.6. The van der Waals surface area contributed by atoms with Crippen molar-refractivity contribution >= 4 is 22.6 Å². The minimum atomic E-state index is -0.737. The molecule has 1 saturated carbocycles. The van der Waals surface area contributed by atoms with E-state index in [0.29, 0.717) is 12.0 Å². The van der Waals surface area contributed by atoms with E-state index >= 15 is 0 Å². The van der Waals surface area contributed by atoms with Crippen molar-refractivity contribution in [2.75, 3.05) is 5.32 Å². The van der Waals surface area contributed by atoms with Crippen molar-refractivity contribution in [1.82, 2.24) is 30.2 Å². The smallest absolute Gasteiger partial charge is 0.271 e. The number of carbonyl (C=O) groups excluding carboxylic acids is 1. The molecule has 11 heteroatoms. The molecular formula is C24H22F3N7O. The third-order valence-corrected chi connectivity index (χ3v) is 6.05. The van der Waals surface area contributed by atoms with Gasteiger partial charge in [0.1, 0.15) is 17.3 Å². The lowest BCUT2D eigenvalue weighted by atomic mass is 9.91. The molecule has 3 aromatic heterocycles. The zero-order valence-corrected chi connectivity index (χ0v) is 18.8. The molecule has 5 rings (SSSR count). The highest BCUT2D eigenvalue weighted by Gasteiger charge is 2.25. The molecule has 0 bridgehead atoms. The van der Waals surface area contributed by atoms with Crippen LogP contribution in [0, 0.1) is 24.4 Å². The largest absolute Gasteiger partial charge is 0.365 e. The predicted molar refractivity (Wildman–Crippen MR) is 123 cm³/mol. The van der Waals surface area contributed by atoms with Crippen LogP contribution in [0.15, 0.2) is 36.9 Å². The molecule has 180 valence electrons. The fourth-order valence-electron chi connectivity index (χ4n) is 4.35. The van der Waals surface area contributed by atoms with Gasteiger partial charge < -0.3 is 15.6 Å². The van der Waals surface area contributed by atoms with E-state index in [1.165, 1.54) is 24.7 Å². The number of fused-ring (bicyclic) bond motifs is 1. The van der Waals surface area contributed by atoms with E-state index in [9.17, 15) is 18.0 Å². The first kappa shape index (κ1) is 22.8. The van der Waals surface area contributed by atoms with E-state index in [0.717, 1.165) is 37.2 Å². The molecule has 1 amide bonds. The first-order chi connectivity index (χ1) is 16.9. The molecule has 1 aliphatic carbocycles. The highest BCUT2D eigenvalue weighted by atomic mass is 19.1. The Hall–Kier alpha value is -4.02. The number of aryl methyl sites for hydroxylation is 1. The topological polar surface area (TPSA) is 108 Å². The molecular weight excluding hydrogens is 459 g/mol. The van der Waals surface area contributed by atoms with E-state index in [-0.39, 0.29) is 46.2 Å². The average Bonchev–Trinajstić information content (AvgIpc) is 3.25. The van der Waals surface area contributed by atoms with Crippen LogP contribution in [0.25, 0.3) is 22.3 Å². The minimum absolute atomic E-state index is 0.0115. The maximum absolute atomic E-state index is 14.6. The fourth-order valence-corrected chi connectivity index (χ4v) is 4.35. The minimum Gasteiger partial charge on any atom is -0.365 e. The van der Waals surface area contributed by atoms with Crippen LogP contribution in [-0.2, 0) is 0 Å². The first-order valence-corrected chi connectivity index (χ1v) is 11.2. The van der Waals surface area contributed by atoms with Gasteiger partial charge in [-0.3, -0.25) is 9.78 Å². The Morgan fingerprint density at radius 3 is 2.66 bits per heavy atom. The molecule has 3 N–H and O–H groups in total. The molecule has 2 atom stereocenters. The quantitative estimate of drug-likeness (QED) is 0.392. The summed E-state index contributed by atoms with van der Waals surface area (Å²) in [6.07, 6.45) is 8.39. The molecule has 8 nitrogen and oxygen atoms in total. The number of nitrogens with one attached hydrogen (secondary N) is 3. The zero-order valence-electron chi connectivity index (χ0n) is 18.8. The highest BCUT2D eigenvalue weighted by molar-refractivity contribution is 5.94. The summed E-state index contributed by atoms with van der Waals surface area (Å²) in [5.74, 6) is -2.31. The second-order valence-corrected chi connectivity index (χ2v) is 8.62. The van der Waals surface area contributed by atoms with Crippen molar-refractivity contribution in [2.45, 2.75) is 44.7 Å². The molecule has 35 heavy (non-hydrogen) atoms. The summed E-state index contributed by atoms with van der Waals surface area (Å²) in [5, 5.41) is 6.34. The Morgan fingerprint density at radius 2 is 1.86 bits per heavy atom. The number of aromatic nitrogens is 5. The average molecular weight is 481 g/mol. The van der Waals surface area contributed by atoms with Gasteiger partial charge >= 0.3 is 0 Å². The van der Waals surface area contributed by atoms with Crippen LogP contribution in [0.5, 0.6) is 0 Å². The van der Waals surface area contributed by atoms with Gasteiger partial charge in [0.15, 0.2) is 17.5 Å². The van der Waals surface area contributed by atoms with Crippen LogP contribution in [0.3, 0.4) is 0 Å². The lowest BCUT2D eigenvalue weighted by Crippen LogP contribution is -2.42. The van der Waals surface area contributed by atoms with Crippen LogP contribution in [-0.4, -0.2) is 42.9 Å². The van der Waals surface area contributed by atoms with Crippen molar-refractivity contribution in [1.29, 1.82) is 0 Å². The summed E-state index contributed by atoms with van der Waals surface area (Å²) < 4.78 is 42.4. The van der Waals surface area contributed by atoms with Crippen LogP contribution >= 0.6 is 0 Å². The monoisotopic (exact) mass is 481 g/mol. The summed E-state index contributed by atoms with van der Waals surface area (Å²) in [5.41, 5.74) is 1.43. The number of amides is 1. The van der Waals surface area contributed by atoms with Crippen LogP contribution in [0.1, 0.15) is 41.9 Å². The van der Waals surface area contributed by atoms with Gasteiger partial charge in [-0.2, -0.15) is 0 Å². The van der Waals surface area contributed by atoms with Gasteiger partial charge in [-0.05, 0) is 38.7 Å². The van der Waals surface area contributed by atoms with Crippen LogP contribution in [0.2, 0.25) is 0 Å². The van der Waals surface area contributed by atoms with Gasteiger partial charge in [0, 0.05) is 41.5 Å². The number of hydrogen-bond donors (Lipinski definition) is 3. The van der Waals surface area contributed by atoms with Crippen molar-refractivity contribution < 1.29 is 18.0 Å². The molecule has 4 aromatic rings. The first-order valence-electron chi connectivity index (χ1n) is 11.2. The Kier molecular flexibility index (Phi) is 6.06. The summed E-state index contributed by atoms with van der Waals surface area (Å²) in [6.45, 7) is 1.79. The van der Waals surface area contributed by atoms with Gasteiger partial charge in [0.05, 0.1) is 23.6 Å². The standard InChI is InChI=1S/C24H22F3N7O/c1-12-8-29-20(11-28-12)24(35)33-15-4-2-3-14(7-15)32-23-19(27)10-31-22(34-23)17-9-30-21-16(17)5-13(25)6-18(21)26/h5-6,8-11,14-15,30H,2-4,7H2,1H3,(H,33,35)(H,31,32,34)/t14-,15+/m0/s1. The zero-order chi connectivity index (χ0) is 24.5. The molecule has 3 heterocycles. The number of H-pyrrole nitrogens is 1. The molecule has 1 aromatic carbocycles. The Balaban J connectivity index is 1.32. The summed E-state index contributed by atoms with van der Waals surface area (Å²) in [7, 11) is 0. The van der Waals surface area contributed by atoms with Crippen molar-refractivity contribution in [2.24, 2.45) is 0 Å². The molecule has 1 fully saturated rings. The third-order valence-electron chi connectivity index (χ3n) is 6.05. The van der Waals surface area contributed by atoms with Crippen LogP contribution in [0.4, 0.5) is 19.0 Å². The fraction of sp³-hybridized carbons (Fsp3) is 0.292. The molecule has 1 aliphatic rings. The number of aromatic amines is 1. The van der Waals surface area contributed by atoms with Gasteiger partial charge in [-0.25, -0.2) is 28.1 Å². The number of hydrogen-bond acceptors (Lipinski definition) is 6. The van der Waals surface area contributed by atoms with E-state index in [2.05, 4.69) is 35.6 Å². The Morgan fingerprint density at radius 1 is 1.03 bits per heavy atom. The molecule has 0 unspecified atom stereocenters. The van der Waals surface area contributed by atoms with Gasteiger partial charge in [-0.15, -0.1) is 0 Å². The Labute approximate surface area is 198 Å². The van der Waals surface area contributed by atoms with Crippen LogP contribution < -0.4 is 10.6 Å². The highest BCUT2D eigenvalue weighted by Crippen LogP contribution is 2.30.